The van der Waals surface area contributed by atoms with Crippen LogP contribution in [0.1, 0.15) is 83.3 Å². The van der Waals surface area contributed by atoms with E-state index in [4.69, 9.17) is 17.0 Å². The quantitative estimate of drug-likeness (QED) is 0.358. The molecule has 3 heteroatoms. The van der Waals surface area contributed by atoms with Gasteiger partial charge < -0.3 is 10.1 Å². The lowest BCUT2D eigenvalue weighted by atomic mass is 9.97. The monoisotopic (exact) mass is 349 g/mol. The predicted molar refractivity (Wildman–Crippen MR) is 109 cm³/mol. The number of ether oxygens (including phenoxy) is 1. The molecule has 1 aromatic carbocycles. The molecule has 0 aromatic heterocycles. The van der Waals surface area contributed by atoms with Gasteiger partial charge in [0, 0.05) is 6.54 Å². The Balaban J connectivity index is 2.65. The lowest BCUT2D eigenvalue weighted by molar-refractivity contribution is 0.515. The van der Waals surface area contributed by atoms with Gasteiger partial charge in [-0.3, -0.25) is 0 Å². The second kappa shape index (κ2) is 13.2. The van der Waals surface area contributed by atoms with Crippen LogP contribution in [0.4, 0.5) is 0 Å². The summed E-state index contributed by atoms with van der Waals surface area (Å²) in [6, 6.07) is 6.40. The molecular formula is C21H35NOS. The first-order valence-corrected chi connectivity index (χ1v) is 10.2. The molecule has 0 saturated carbocycles. The average Bonchev–Trinajstić information content (AvgIpc) is 2.59. The summed E-state index contributed by atoms with van der Waals surface area (Å²) in [5.41, 5.74) is 2.77. The Kier molecular flexibility index (Phi) is 11.5. The lowest BCUT2D eigenvalue weighted by Crippen LogP contribution is -2.27. The van der Waals surface area contributed by atoms with Gasteiger partial charge >= 0.3 is 0 Å². The van der Waals surface area contributed by atoms with Crippen LogP contribution >= 0.6 is 12.2 Å². The summed E-state index contributed by atoms with van der Waals surface area (Å²) in [5, 5.41) is 3.76. The van der Waals surface area contributed by atoms with E-state index in [-0.39, 0.29) is 0 Å². The first-order chi connectivity index (χ1) is 11.7. The second-order valence-corrected chi connectivity index (χ2v) is 6.85. The van der Waals surface area contributed by atoms with Crippen molar-refractivity contribution in [3.8, 4) is 5.75 Å². The zero-order chi connectivity index (χ0) is 17.6. The molecule has 0 aliphatic carbocycles. The number of aryl methyl sites for hydroxylation is 1. The summed E-state index contributed by atoms with van der Waals surface area (Å²) < 4.78 is 5.99. The summed E-state index contributed by atoms with van der Waals surface area (Å²) in [6.45, 7) is 7.60. The maximum Gasteiger partial charge on any atom is 0.262 e. The summed E-state index contributed by atoms with van der Waals surface area (Å²) in [6.07, 6.45) is 12.0. The van der Waals surface area contributed by atoms with E-state index in [1.165, 1.54) is 56.1 Å². The molecule has 136 valence electrons. The highest BCUT2D eigenvalue weighted by molar-refractivity contribution is 7.80. The van der Waals surface area contributed by atoms with Gasteiger partial charge in [-0.05, 0) is 61.5 Å². The summed E-state index contributed by atoms with van der Waals surface area (Å²) in [7, 11) is 0. The molecule has 0 heterocycles. The van der Waals surface area contributed by atoms with E-state index in [9.17, 15) is 0 Å². The van der Waals surface area contributed by atoms with Gasteiger partial charge in [0.25, 0.3) is 5.17 Å². The van der Waals surface area contributed by atoms with Crippen LogP contribution in [-0.2, 0) is 12.8 Å². The van der Waals surface area contributed by atoms with Crippen LogP contribution in [0.25, 0.3) is 0 Å². The van der Waals surface area contributed by atoms with Crippen molar-refractivity contribution in [2.45, 2.75) is 85.0 Å². The van der Waals surface area contributed by atoms with Gasteiger partial charge in [0.15, 0.2) is 0 Å². The van der Waals surface area contributed by atoms with Gasteiger partial charge in [0.1, 0.15) is 5.75 Å². The molecule has 0 atom stereocenters. The summed E-state index contributed by atoms with van der Waals surface area (Å²) in [5.74, 6) is 0.947. The minimum Gasteiger partial charge on any atom is -0.432 e. The Hall–Kier alpha value is -1.09. The van der Waals surface area contributed by atoms with Crippen LogP contribution < -0.4 is 10.1 Å². The molecule has 1 rings (SSSR count). The van der Waals surface area contributed by atoms with Gasteiger partial charge in [-0.1, -0.05) is 65.0 Å². The highest BCUT2D eigenvalue weighted by Gasteiger charge is 2.11. The maximum absolute atomic E-state index is 5.99. The van der Waals surface area contributed by atoms with Crippen LogP contribution in [-0.4, -0.2) is 11.7 Å². The van der Waals surface area contributed by atoms with E-state index in [1.54, 1.807) is 0 Å². The molecule has 0 fully saturated rings. The van der Waals surface area contributed by atoms with Gasteiger partial charge in [0.2, 0.25) is 0 Å². The van der Waals surface area contributed by atoms with Crippen molar-refractivity contribution in [3.05, 3.63) is 29.3 Å². The van der Waals surface area contributed by atoms with Gasteiger partial charge in [-0.15, -0.1) is 0 Å². The number of hydrogen-bond acceptors (Lipinski definition) is 2. The number of thiocarbonyl (C=S) groups is 1. The number of rotatable bonds is 12. The molecule has 1 N–H and O–H groups in total. The average molecular weight is 350 g/mol. The number of hydrogen-bond donors (Lipinski definition) is 1. The van der Waals surface area contributed by atoms with Crippen LogP contribution in [0.15, 0.2) is 18.2 Å². The molecule has 0 aliphatic heterocycles. The lowest BCUT2D eigenvalue weighted by Gasteiger charge is -2.16. The number of unbranched alkanes of at least 4 members (excludes halogenated alkanes) is 5. The van der Waals surface area contributed by atoms with Crippen LogP contribution in [0.5, 0.6) is 5.75 Å². The summed E-state index contributed by atoms with van der Waals surface area (Å²) in [4.78, 5) is 0. The molecular weight excluding hydrogens is 314 g/mol. The van der Waals surface area contributed by atoms with E-state index in [0.717, 1.165) is 31.6 Å². The fourth-order valence-electron chi connectivity index (χ4n) is 2.82. The molecule has 1 aromatic rings. The number of benzene rings is 1. The molecule has 0 unspecified atom stereocenters. The minimum absolute atomic E-state index is 0.511. The Bertz CT molecular complexity index is 473. The summed E-state index contributed by atoms with van der Waals surface area (Å²) >= 11 is 5.38. The molecule has 0 spiro atoms. The molecule has 2 nitrogen and oxygen atoms in total. The Labute approximate surface area is 154 Å². The van der Waals surface area contributed by atoms with Gasteiger partial charge in [-0.25, -0.2) is 0 Å². The van der Waals surface area contributed by atoms with Crippen molar-refractivity contribution < 1.29 is 4.74 Å². The minimum atomic E-state index is 0.511. The van der Waals surface area contributed by atoms with E-state index in [2.05, 4.69) is 44.3 Å². The Morgan fingerprint density at radius 2 is 1.62 bits per heavy atom. The largest absolute Gasteiger partial charge is 0.432 e. The van der Waals surface area contributed by atoms with E-state index < -0.39 is 0 Å². The van der Waals surface area contributed by atoms with Crippen molar-refractivity contribution in [2.75, 3.05) is 6.54 Å². The third-order valence-corrected chi connectivity index (χ3v) is 4.54. The zero-order valence-electron chi connectivity index (χ0n) is 15.8. The van der Waals surface area contributed by atoms with Crippen molar-refractivity contribution in [1.82, 2.24) is 5.32 Å². The fourth-order valence-corrected chi connectivity index (χ4v) is 3.02. The molecule has 0 saturated heterocycles. The van der Waals surface area contributed by atoms with Gasteiger partial charge in [0.05, 0.1) is 0 Å². The third-order valence-electron chi connectivity index (χ3n) is 4.31. The van der Waals surface area contributed by atoms with Crippen molar-refractivity contribution in [3.63, 3.8) is 0 Å². The van der Waals surface area contributed by atoms with Crippen LogP contribution in [0.2, 0.25) is 0 Å². The maximum atomic E-state index is 5.99. The highest BCUT2D eigenvalue weighted by atomic mass is 32.1. The molecule has 0 aliphatic rings. The third kappa shape index (κ3) is 8.14. The first-order valence-electron chi connectivity index (χ1n) is 9.79. The smallest absolute Gasteiger partial charge is 0.262 e. The predicted octanol–water partition coefficient (Wildman–Crippen LogP) is 6.21. The van der Waals surface area contributed by atoms with Crippen molar-refractivity contribution in [1.29, 1.82) is 0 Å². The Morgan fingerprint density at radius 1 is 0.917 bits per heavy atom. The van der Waals surface area contributed by atoms with Crippen molar-refractivity contribution in [2.24, 2.45) is 0 Å². The fraction of sp³-hybridized carbons (Fsp3) is 0.667. The first kappa shape index (κ1) is 21.0. The topological polar surface area (TPSA) is 21.3 Å². The normalized spacial score (nSPS) is 10.6. The molecule has 24 heavy (non-hydrogen) atoms. The van der Waals surface area contributed by atoms with E-state index in [0.29, 0.717) is 5.17 Å². The molecule has 0 radical (unpaired) electrons. The van der Waals surface area contributed by atoms with Crippen LogP contribution in [0, 0.1) is 0 Å². The van der Waals surface area contributed by atoms with Crippen molar-refractivity contribution >= 4 is 17.4 Å². The highest BCUT2D eigenvalue weighted by Crippen LogP contribution is 2.26. The molecule has 0 bridgehead atoms. The molecule has 0 amide bonds. The Morgan fingerprint density at radius 3 is 2.33 bits per heavy atom. The SMILES string of the molecule is CCCCCCNC(=S)Oc1cccc(CCCC)c1CCCC. The van der Waals surface area contributed by atoms with Gasteiger partial charge in [-0.2, -0.15) is 0 Å². The van der Waals surface area contributed by atoms with E-state index >= 15 is 0 Å². The second-order valence-electron chi connectivity index (χ2n) is 6.48. The van der Waals surface area contributed by atoms with E-state index in [1.807, 2.05) is 0 Å². The number of nitrogens with one attached hydrogen (secondary N) is 1. The van der Waals surface area contributed by atoms with Crippen LogP contribution in [0.3, 0.4) is 0 Å². The standard InChI is InChI=1S/C21H35NOS/c1-4-7-10-11-17-22-21(24)23-20-16-12-14-18(13-8-5-2)19(20)15-9-6-3/h12,14,16H,4-11,13,15,17H2,1-3H3,(H,22,24). The zero-order valence-corrected chi connectivity index (χ0v) is 16.6.